The lowest BCUT2D eigenvalue weighted by Crippen LogP contribution is -2.33. The van der Waals surface area contributed by atoms with Crippen molar-refractivity contribution in [1.82, 2.24) is 5.32 Å². The van der Waals surface area contributed by atoms with E-state index in [4.69, 9.17) is 16.3 Å². The van der Waals surface area contributed by atoms with Gasteiger partial charge in [0.2, 0.25) is 5.91 Å². The Morgan fingerprint density at radius 3 is 2.77 bits per heavy atom. The third-order valence-corrected chi connectivity index (χ3v) is 4.64. The summed E-state index contributed by atoms with van der Waals surface area (Å²) in [6, 6.07) is 12.7. The minimum atomic E-state index is -0.221. The normalized spacial score (nSPS) is 13.9. The molecule has 0 aromatic heterocycles. The van der Waals surface area contributed by atoms with Crippen LogP contribution in [0.4, 0.5) is 5.69 Å². The zero-order chi connectivity index (χ0) is 18.7. The quantitative estimate of drug-likeness (QED) is 0.874. The maximum Gasteiger partial charge on any atom is 0.251 e. The summed E-state index contributed by atoms with van der Waals surface area (Å²) in [5.74, 6) is 0.452. The predicted octanol–water partition coefficient (Wildman–Crippen LogP) is 3.45. The van der Waals surface area contributed by atoms with Crippen LogP contribution >= 0.6 is 11.6 Å². The molecule has 0 bridgehead atoms. The highest BCUT2D eigenvalue weighted by Gasteiger charge is 2.23. The van der Waals surface area contributed by atoms with Gasteiger partial charge in [0.05, 0.1) is 11.6 Å². The van der Waals surface area contributed by atoms with Gasteiger partial charge < -0.3 is 15.0 Å². The average molecular weight is 373 g/mol. The van der Waals surface area contributed by atoms with Crippen LogP contribution in [0.3, 0.4) is 0 Å². The standard InChI is InChI=1S/C20H21ClN2O3/c1-13(26-19-6-4-3-5-17(19)21)12-22-20(25)16-7-8-18-15(11-16)9-10-23(18)14(2)24/h3-8,11,13H,9-10,12H2,1-2H3,(H,22,25). The first-order chi connectivity index (χ1) is 12.5. The smallest absolute Gasteiger partial charge is 0.251 e. The fourth-order valence-electron chi connectivity index (χ4n) is 3.01. The molecule has 1 aliphatic heterocycles. The Hall–Kier alpha value is -2.53. The number of ether oxygens (including phenoxy) is 1. The van der Waals surface area contributed by atoms with Gasteiger partial charge in [-0.1, -0.05) is 23.7 Å². The fourth-order valence-corrected chi connectivity index (χ4v) is 3.19. The van der Waals surface area contributed by atoms with Crippen LogP contribution in [-0.4, -0.2) is 31.0 Å². The second kappa shape index (κ2) is 7.79. The third kappa shape index (κ3) is 3.99. The highest BCUT2D eigenvalue weighted by Crippen LogP contribution is 2.29. The molecule has 1 atom stereocenters. The molecule has 5 nitrogen and oxygen atoms in total. The summed E-state index contributed by atoms with van der Waals surface area (Å²) in [4.78, 5) is 25.7. The number of rotatable bonds is 5. The van der Waals surface area contributed by atoms with Crippen molar-refractivity contribution in [3.8, 4) is 5.75 Å². The molecule has 1 N–H and O–H groups in total. The highest BCUT2D eigenvalue weighted by molar-refractivity contribution is 6.32. The average Bonchev–Trinajstić information content (AvgIpc) is 3.05. The van der Waals surface area contributed by atoms with E-state index in [1.165, 1.54) is 0 Å². The first kappa shape index (κ1) is 18.3. The van der Waals surface area contributed by atoms with E-state index in [0.717, 1.165) is 17.7 Å². The fraction of sp³-hybridized carbons (Fsp3) is 0.300. The van der Waals surface area contributed by atoms with Gasteiger partial charge in [0, 0.05) is 24.7 Å². The molecule has 0 saturated heterocycles. The first-order valence-electron chi connectivity index (χ1n) is 8.56. The maximum atomic E-state index is 12.4. The van der Waals surface area contributed by atoms with Gasteiger partial charge in [0.15, 0.2) is 0 Å². The van der Waals surface area contributed by atoms with Crippen molar-refractivity contribution in [2.75, 3.05) is 18.0 Å². The van der Waals surface area contributed by atoms with Gasteiger partial charge in [0.1, 0.15) is 11.9 Å². The minimum Gasteiger partial charge on any atom is -0.487 e. The summed E-state index contributed by atoms with van der Waals surface area (Å²) in [5, 5.41) is 3.42. The van der Waals surface area contributed by atoms with Gasteiger partial charge >= 0.3 is 0 Å². The monoisotopic (exact) mass is 372 g/mol. The zero-order valence-electron chi connectivity index (χ0n) is 14.8. The van der Waals surface area contributed by atoms with Gasteiger partial charge in [-0.2, -0.15) is 0 Å². The molecule has 136 valence electrons. The van der Waals surface area contributed by atoms with Crippen molar-refractivity contribution in [3.05, 3.63) is 58.6 Å². The Labute approximate surface area is 157 Å². The lowest BCUT2D eigenvalue weighted by atomic mass is 10.1. The number of halogens is 1. The molecule has 6 heteroatoms. The van der Waals surface area contributed by atoms with E-state index in [1.54, 1.807) is 30.0 Å². The number of hydrogen-bond donors (Lipinski definition) is 1. The number of nitrogens with one attached hydrogen (secondary N) is 1. The van der Waals surface area contributed by atoms with E-state index >= 15 is 0 Å². The highest BCUT2D eigenvalue weighted by atomic mass is 35.5. The summed E-state index contributed by atoms with van der Waals surface area (Å²) < 4.78 is 5.75. The van der Waals surface area contributed by atoms with Crippen LogP contribution in [0.5, 0.6) is 5.75 Å². The topological polar surface area (TPSA) is 58.6 Å². The number of para-hydroxylation sites is 1. The summed E-state index contributed by atoms with van der Waals surface area (Å²) in [6.45, 7) is 4.45. The number of hydrogen-bond acceptors (Lipinski definition) is 3. The second-order valence-corrected chi connectivity index (χ2v) is 6.74. The molecule has 0 saturated carbocycles. The zero-order valence-corrected chi connectivity index (χ0v) is 15.5. The van der Waals surface area contributed by atoms with Gasteiger partial charge in [-0.15, -0.1) is 0 Å². The molecule has 0 fully saturated rings. The molecular formula is C20H21ClN2O3. The SMILES string of the molecule is CC(=O)N1CCc2cc(C(=O)NCC(C)Oc3ccccc3Cl)ccc21. The first-order valence-corrected chi connectivity index (χ1v) is 8.94. The number of anilines is 1. The van der Waals surface area contributed by atoms with E-state index in [0.29, 0.717) is 29.4 Å². The predicted molar refractivity (Wildman–Crippen MR) is 102 cm³/mol. The van der Waals surface area contributed by atoms with Crippen LogP contribution in [0.2, 0.25) is 5.02 Å². The Bertz CT molecular complexity index is 838. The number of carbonyl (C=O) groups excluding carboxylic acids is 2. The van der Waals surface area contributed by atoms with Crippen LogP contribution in [-0.2, 0) is 11.2 Å². The Morgan fingerprint density at radius 2 is 2.04 bits per heavy atom. The molecule has 2 amide bonds. The summed E-state index contributed by atoms with van der Waals surface area (Å²) in [7, 11) is 0. The van der Waals surface area contributed by atoms with Gasteiger partial charge in [-0.3, -0.25) is 9.59 Å². The van der Waals surface area contributed by atoms with E-state index < -0.39 is 0 Å². The Morgan fingerprint density at radius 1 is 1.27 bits per heavy atom. The van der Waals surface area contributed by atoms with Crippen LogP contribution in [0.15, 0.2) is 42.5 Å². The molecule has 3 rings (SSSR count). The lowest BCUT2D eigenvalue weighted by molar-refractivity contribution is -0.116. The van der Waals surface area contributed by atoms with E-state index in [-0.39, 0.29) is 17.9 Å². The molecule has 0 radical (unpaired) electrons. The van der Waals surface area contributed by atoms with Gasteiger partial charge in [-0.05, 0) is 49.2 Å². The Kier molecular flexibility index (Phi) is 5.47. The van der Waals surface area contributed by atoms with Crippen molar-refractivity contribution >= 4 is 29.1 Å². The number of amides is 2. The van der Waals surface area contributed by atoms with E-state index in [9.17, 15) is 9.59 Å². The van der Waals surface area contributed by atoms with Gasteiger partial charge in [0.25, 0.3) is 5.91 Å². The van der Waals surface area contributed by atoms with Crippen LogP contribution in [0, 0.1) is 0 Å². The van der Waals surface area contributed by atoms with Gasteiger partial charge in [-0.25, -0.2) is 0 Å². The van der Waals surface area contributed by atoms with Crippen molar-refractivity contribution in [1.29, 1.82) is 0 Å². The summed E-state index contributed by atoms with van der Waals surface area (Å²) in [5.41, 5.74) is 2.50. The number of nitrogens with zero attached hydrogens (tertiary/aromatic N) is 1. The lowest BCUT2D eigenvalue weighted by Gasteiger charge is -2.17. The van der Waals surface area contributed by atoms with Crippen molar-refractivity contribution < 1.29 is 14.3 Å². The van der Waals surface area contributed by atoms with E-state index in [1.807, 2.05) is 31.2 Å². The molecule has 26 heavy (non-hydrogen) atoms. The molecular weight excluding hydrogens is 352 g/mol. The second-order valence-electron chi connectivity index (χ2n) is 6.33. The molecule has 2 aromatic rings. The largest absolute Gasteiger partial charge is 0.487 e. The van der Waals surface area contributed by atoms with Crippen LogP contribution in [0.1, 0.15) is 29.8 Å². The number of carbonyl (C=O) groups is 2. The minimum absolute atomic E-state index is 0.0199. The summed E-state index contributed by atoms with van der Waals surface area (Å²) in [6.07, 6.45) is 0.545. The van der Waals surface area contributed by atoms with Crippen LogP contribution < -0.4 is 15.0 Å². The molecule has 1 unspecified atom stereocenters. The van der Waals surface area contributed by atoms with Crippen molar-refractivity contribution in [3.63, 3.8) is 0 Å². The summed E-state index contributed by atoms with van der Waals surface area (Å²) >= 11 is 6.07. The maximum absolute atomic E-state index is 12.4. The van der Waals surface area contributed by atoms with E-state index in [2.05, 4.69) is 5.32 Å². The van der Waals surface area contributed by atoms with Crippen LogP contribution in [0.25, 0.3) is 0 Å². The molecule has 0 aliphatic carbocycles. The van der Waals surface area contributed by atoms with Crippen molar-refractivity contribution in [2.24, 2.45) is 0 Å². The molecule has 2 aromatic carbocycles. The number of benzene rings is 2. The third-order valence-electron chi connectivity index (χ3n) is 4.33. The molecule has 0 spiro atoms. The van der Waals surface area contributed by atoms with Crippen molar-refractivity contribution in [2.45, 2.75) is 26.4 Å². The number of fused-ring (bicyclic) bond motifs is 1. The Balaban J connectivity index is 1.59. The molecule has 1 heterocycles. The molecule has 1 aliphatic rings.